The first-order valence-corrected chi connectivity index (χ1v) is 12.3. The van der Waals surface area contributed by atoms with Crippen molar-refractivity contribution >= 4 is 27.6 Å². The molecule has 3 aromatic rings. The number of nitrogens with zero attached hydrogens (tertiary/aromatic N) is 1. The Morgan fingerprint density at radius 3 is 2.45 bits per heavy atom. The first-order chi connectivity index (χ1) is 15.8. The predicted molar refractivity (Wildman–Crippen MR) is 126 cm³/mol. The lowest BCUT2D eigenvalue weighted by molar-refractivity contribution is -0.136. The van der Waals surface area contributed by atoms with Crippen LogP contribution < -0.4 is 9.46 Å². The molecule has 7 nitrogen and oxygen atoms in total. The van der Waals surface area contributed by atoms with Gasteiger partial charge in [-0.1, -0.05) is 35.9 Å². The van der Waals surface area contributed by atoms with Gasteiger partial charge in [-0.25, -0.2) is 13.1 Å². The van der Waals surface area contributed by atoms with Crippen molar-refractivity contribution in [3.63, 3.8) is 0 Å². The third kappa shape index (κ3) is 7.85. The molecule has 2 aromatic carbocycles. The Labute approximate surface area is 198 Å². The molecular formula is C24H25ClN2O5S. The second-order valence-electron chi connectivity index (χ2n) is 7.46. The van der Waals surface area contributed by atoms with Crippen LogP contribution in [0.15, 0.2) is 78.0 Å². The van der Waals surface area contributed by atoms with Gasteiger partial charge in [0.1, 0.15) is 5.75 Å². The molecule has 0 spiro atoms. The number of aromatic nitrogens is 1. The van der Waals surface area contributed by atoms with E-state index in [0.717, 1.165) is 11.1 Å². The summed E-state index contributed by atoms with van der Waals surface area (Å²) in [6, 6.07) is 17.1. The van der Waals surface area contributed by atoms with E-state index in [-0.39, 0.29) is 23.8 Å². The zero-order chi connectivity index (χ0) is 23.7. The minimum Gasteiger partial charge on any atom is -0.492 e. The molecule has 1 aromatic heterocycles. The normalized spacial score (nSPS) is 12.3. The fourth-order valence-corrected chi connectivity index (χ4v) is 4.46. The predicted octanol–water partition coefficient (Wildman–Crippen LogP) is 4.28. The number of carbonyl (C=O) groups is 1. The van der Waals surface area contributed by atoms with Gasteiger partial charge in [-0.05, 0) is 60.4 Å². The summed E-state index contributed by atoms with van der Waals surface area (Å²) in [7, 11) is -3.71. The van der Waals surface area contributed by atoms with Crippen LogP contribution in [0, 0.1) is 0 Å². The Kier molecular flexibility index (Phi) is 8.82. The van der Waals surface area contributed by atoms with E-state index in [4.69, 9.17) is 21.4 Å². The number of benzene rings is 2. The molecule has 0 bridgehead atoms. The van der Waals surface area contributed by atoms with E-state index in [9.17, 15) is 13.2 Å². The quantitative estimate of drug-likeness (QED) is 0.394. The highest BCUT2D eigenvalue weighted by Crippen LogP contribution is 2.22. The fourth-order valence-electron chi connectivity index (χ4n) is 3.25. The minimum absolute atomic E-state index is 0.0582. The van der Waals surface area contributed by atoms with Crippen LogP contribution in [0.2, 0.25) is 5.02 Å². The van der Waals surface area contributed by atoms with Gasteiger partial charge >= 0.3 is 5.97 Å². The second-order valence-corrected chi connectivity index (χ2v) is 9.67. The number of sulfonamides is 1. The third-order valence-electron chi connectivity index (χ3n) is 5.09. The Bertz CT molecular complexity index is 1140. The smallest absolute Gasteiger partial charge is 0.303 e. The van der Waals surface area contributed by atoms with Crippen molar-refractivity contribution in [1.29, 1.82) is 0 Å². The van der Waals surface area contributed by atoms with Crippen LogP contribution in [0.25, 0.3) is 0 Å². The maximum Gasteiger partial charge on any atom is 0.303 e. The van der Waals surface area contributed by atoms with Gasteiger partial charge in [0.05, 0.1) is 17.7 Å². The van der Waals surface area contributed by atoms with Crippen molar-refractivity contribution in [2.45, 2.75) is 30.1 Å². The SMILES string of the molecule is O=C(O)CCc1ccc(C(CCOc2cccnc2)CNS(=O)(=O)c2ccc(Cl)cc2)cc1. The van der Waals surface area contributed by atoms with E-state index in [1.54, 1.807) is 18.5 Å². The highest BCUT2D eigenvalue weighted by molar-refractivity contribution is 7.89. The number of pyridine rings is 1. The number of aryl methyl sites for hydroxylation is 1. The molecule has 1 atom stereocenters. The molecule has 33 heavy (non-hydrogen) atoms. The zero-order valence-electron chi connectivity index (χ0n) is 17.9. The standard InChI is InChI=1S/C24H25ClN2O5S/c25-21-8-10-23(11-9-21)33(30,31)27-16-20(13-15-32-22-2-1-14-26-17-22)19-6-3-18(4-7-19)5-12-24(28)29/h1-4,6-11,14,17,20,27H,5,12-13,15-16H2,(H,28,29). The van der Waals surface area contributed by atoms with Crippen molar-refractivity contribution in [3.05, 3.63) is 89.2 Å². The lowest BCUT2D eigenvalue weighted by Crippen LogP contribution is -2.29. The van der Waals surface area contributed by atoms with E-state index in [2.05, 4.69) is 9.71 Å². The molecule has 0 fully saturated rings. The monoisotopic (exact) mass is 488 g/mol. The lowest BCUT2D eigenvalue weighted by Gasteiger charge is -2.19. The summed E-state index contributed by atoms with van der Waals surface area (Å²) in [5, 5.41) is 9.33. The summed E-state index contributed by atoms with van der Waals surface area (Å²) in [6.07, 6.45) is 4.34. The average molecular weight is 489 g/mol. The molecule has 0 aliphatic heterocycles. The highest BCUT2D eigenvalue weighted by atomic mass is 35.5. The van der Waals surface area contributed by atoms with E-state index >= 15 is 0 Å². The molecule has 174 valence electrons. The van der Waals surface area contributed by atoms with Crippen LogP contribution in [-0.4, -0.2) is 37.6 Å². The second kappa shape index (κ2) is 11.8. The van der Waals surface area contributed by atoms with E-state index < -0.39 is 16.0 Å². The number of halogens is 1. The number of carboxylic acid groups (broad SMARTS) is 1. The largest absolute Gasteiger partial charge is 0.492 e. The van der Waals surface area contributed by atoms with Gasteiger partial charge in [-0.15, -0.1) is 0 Å². The van der Waals surface area contributed by atoms with Crippen molar-refractivity contribution in [2.75, 3.05) is 13.2 Å². The summed E-state index contributed by atoms with van der Waals surface area (Å²) in [5.41, 5.74) is 1.84. The molecule has 0 aliphatic carbocycles. The molecule has 0 saturated heterocycles. The maximum absolute atomic E-state index is 12.7. The molecule has 0 saturated carbocycles. The van der Waals surface area contributed by atoms with Crippen molar-refractivity contribution < 1.29 is 23.1 Å². The maximum atomic E-state index is 12.7. The van der Waals surface area contributed by atoms with Crippen LogP contribution in [0.3, 0.4) is 0 Å². The molecule has 2 N–H and O–H groups in total. The number of rotatable bonds is 12. The molecule has 9 heteroatoms. The topological polar surface area (TPSA) is 106 Å². The Morgan fingerprint density at radius 1 is 1.09 bits per heavy atom. The summed E-state index contributed by atoms with van der Waals surface area (Å²) in [6.45, 7) is 0.551. The van der Waals surface area contributed by atoms with E-state index in [1.807, 2.05) is 30.3 Å². The summed E-state index contributed by atoms with van der Waals surface area (Å²) >= 11 is 5.86. The molecular weight excluding hydrogens is 464 g/mol. The summed E-state index contributed by atoms with van der Waals surface area (Å²) in [5.74, 6) is -0.361. The number of carboxylic acids is 1. The molecule has 0 amide bonds. The minimum atomic E-state index is -3.71. The number of hydrogen-bond donors (Lipinski definition) is 2. The van der Waals surface area contributed by atoms with Crippen molar-refractivity contribution in [3.8, 4) is 5.75 Å². The number of ether oxygens (including phenoxy) is 1. The Morgan fingerprint density at radius 2 is 1.82 bits per heavy atom. The van der Waals surface area contributed by atoms with Gasteiger partial charge in [0.15, 0.2) is 0 Å². The van der Waals surface area contributed by atoms with Crippen LogP contribution >= 0.6 is 11.6 Å². The average Bonchev–Trinajstić information content (AvgIpc) is 2.81. The van der Waals surface area contributed by atoms with Crippen LogP contribution in [0.1, 0.15) is 29.9 Å². The van der Waals surface area contributed by atoms with Gasteiger partial charge in [-0.3, -0.25) is 9.78 Å². The summed E-state index contributed by atoms with van der Waals surface area (Å²) in [4.78, 5) is 15.0. The number of aliphatic carboxylic acids is 1. The number of nitrogens with one attached hydrogen (secondary N) is 1. The van der Waals surface area contributed by atoms with Crippen molar-refractivity contribution in [1.82, 2.24) is 9.71 Å². The zero-order valence-corrected chi connectivity index (χ0v) is 19.4. The van der Waals surface area contributed by atoms with Crippen molar-refractivity contribution in [2.24, 2.45) is 0 Å². The first-order valence-electron chi connectivity index (χ1n) is 10.4. The van der Waals surface area contributed by atoms with Gasteiger partial charge in [-0.2, -0.15) is 0 Å². The molecule has 0 aliphatic rings. The molecule has 1 unspecified atom stereocenters. The highest BCUT2D eigenvalue weighted by Gasteiger charge is 2.19. The number of hydrogen-bond acceptors (Lipinski definition) is 5. The van der Waals surface area contributed by atoms with Gasteiger partial charge in [0.25, 0.3) is 0 Å². The Balaban J connectivity index is 1.70. The van der Waals surface area contributed by atoms with Gasteiger partial charge < -0.3 is 9.84 Å². The molecule has 1 heterocycles. The van der Waals surface area contributed by atoms with E-state index in [0.29, 0.717) is 30.2 Å². The first kappa shape index (κ1) is 24.7. The fraction of sp³-hybridized carbons (Fsp3) is 0.250. The third-order valence-corrected chi connectivity index (χ3v) is 6.78. The van der Waals surface area contributed by atoms with Crippen LogP contribution in [0.5, 0.6) is 5.75 Å². The van der Waals surface area contributed by atoms with Gasteiger partial charge in [0, 0.05) is 30.1 Å². The van der Waals surface area contributed by atoms with Gasteiger partial charge in [0.2, 0.25) is 10.0 Å². The Hall–Kier alpha value is -2.94. The van der Waals surface area contributed by atoms with Crippen LogP contribution in [-0.2, 0) is 21.2 Å². The summed E-state index contributed by atoms with van der Waals surface area (Å²) < 4.78 is 33.9. The molecule has 0 radical (unpaired) electrons. The van der Waals surface area contributed by atoms with Crippen LogP contribution in [0.4, 0.5) is 0 Å². The van der Waals surface area contributed by atoms with E-state index in [1.165, 1.54) is 24.3 Å². The molecule has 3 rings (SSSR count). The lowest BCUT2D eigenvalue weighted by atomic mass is 9.94.